The molecule has 1 saturated carbocycles. The topological polar surface area (TPSA) is 109 Å². The zero-order chi connectivity index (χ0) is 22.1. The average molecular weight is 470 g/mol. The van der Waals surface area contributed by atoms with Crippen molar-refractivity contribution in [3.63, 3.8) is 0 Å². The van der Waals surface area contributed by atoms with E-state index in [0.717, 1.165) is 28.3 Å². The van der Waals surface area contributed by atoms with Crippen molar-refractivity contribution in [2.24, 2.45) is 5.92 Å². The summed E-state index contributed by atoms with van der Waals surface area (Å²) in [5, 5.41) is 11.8. The molecule has 2 aromatic heterocycles. The number of morpholine rings is 1. The maximum atomic E-state index is 12.0. The molecule has 0 radical (unpaired) electrons. The van der Waals surface area contributed by atoms with E-state index < -0.39 is 0 Å². The Morgan fingerprint density at radius 3 is 2.53 bits per heavy atom. The van der Waals surface area contributed by atoms with Crippen molar-refractivity contribution in [2.45, 2.75) is 29.8 Å². The fourth-order valence-electron chi connectivity index (χ4n) is 3.31. The van der Waals surface area contributed by atoms with Crippen molar-refractivity contribution in [1.29, 1.82) is 5.41 Å². The maximum absolute atomic E-state index is 12.0. The van der Waals surface area contributed by atoms with Crippen LogP contribution >= 0.6 is 23.1 Å². The summed E-state index contributed by atoms with van der Waals surface area (Å²) in [4.78, 5) is 30.4. The van der Waals surface area contributed by atoms with Gasteiger partial charge in [-0.15, -0.1) is 11.3 Å². The van der Waals surface area contributed by atoms with Crippen LogP contribution in [0, 0.1) is 18.3 Å². The highest BCUT2D eigenvalue weighted by atomic mass is 32.2. The lowest BCUT2D eigenvalue weighted by atomic mass is 10.3. The number of aromatic nitrogens is 4. The number of nitrogens with one attached hydrogen (secondary N) is 2. The predicted octanol–water partition coefficient (Wildman–Crippen LogP) is 2.85. The molecule has 9 nitrogen and oxygen atoms in total. The number of thiazole rings is 1. The van der Waals surface area contributed by atoms with Crippen LogP contribution in [0.2, 0.25) is 0 Å². The molecule has 3 heterocycles. The minimum absolute atomic E-state index is 0.0944. The Morgan fingerprint density at radius 2 is 1.88 bits per heavy atom. The number of anilines is 2. The van der Waals surface area contributed by atoms with Gasteiger partial charge in [-0.2, -0.15) is 15.0 Å². The molecular formula is C21H23N7O2S2. The molecule has 0 unspecified atom stereocenters. The van der Waals surface area contributed by atoms with Gasteiger partial charge in [0, 0.05) is 40.7 Å². The highest BCUT2D eigenvalue weighted by molar-refractivity contribution is 7.99. The molecule has 3 aromatic rings. The van der Waals surface area contributed by atoms with Gasteiger partial charge in [0.05, 0.1) is 13.2 Å². The summed E-state index contributed by atoms with van der Waals surface area (Å²) in [6.45, 7) is 4.65. The number of hydrogen-bond donors (Lipinski definition) is 2. The molecule has 1 amide bonds. The number of nitrogens with zero attached hydrogens (tertiary/aromatic N) is 5. The number of hydrogen-bond acceptors (Lipinski definition) is 9. The molecule has 11 heteroatoms. The summed E-state index contributed by atoms with van der Waals surface area (Å²) in [6.07, 6.45) is 3.83. The van der Waals surface area contributed by atoms with E-state index in [2.05, 4.69) is 25.2 Å². The Morgan fingerprint density at radius 1 is 1.16 bits per heavy atom. The second-order valence-electron chi connectivity index (χ2n) is 7.72. The Kier molecular flexibility index (Phi) is 5.94. The van der Waals surface area contributed by atoms with Crippen LogP contribution in [0.4, 0.5) is 11.6 Å². The third-order valence-corrected chi connectivity index (χ3v) is 6.86. The third kappa shape index (κ3) is 4.84. The summed E-state index contributed by atoms with van der Waals surface area (Å²) < 4.78 is 7.15. The van der Waals surface area contributed by atoms with Crippen LogP contribution in [0.25, 0.3) is 5.95 Å². The van der Waals surface area contributed by atoms with E-state index in [-0.39, 0.29) is 11.8 Å². The normalized spacial score (nSPS) is 16.2. The van der Waals surface area contributed by atoms with E-state index in [9.17, 15) is 4.79 Å². The number of ether oxygens (including phenoxy) is 1. The predicted molar refractivity (Wildman–Crippen MR) is 123 cm³/mol. The number of rotatable bonds is 6. The van der Waals surface area contributed by atoms with Crippen molar-refractivity contribution in [3.05, 3.63) is 40.1 Å². The van der Waals surface area contributed by atoms with Gasteiger partial charge < -0.3 is 15.0 Å². The van der Waals surface area contributed by atoms with E-state index in [4.69, 9.17) is 10.1 Å². The van der Waals surface area contributed by atoms with Gasteiger partial charge >= 0.3 is 0 Å². The molecular weight excluding hydrogens is 446 g/mol. The van der Waals surface area contributed by atoms with Crippen LogP contribution in [-0.4, -0.2) is 51.7 Å². The lowest BCUT2D eigenvalue weighted by Gasteiger charge is -2.27. The SMILES string of the molecule is Cc1cn(-c2nc(Sc3ccc(NC(=O)C4CC4)cc3)nc(N3CCOCC3)n2)c(=N)s1. The van der Waals surface area contributed by atoms with Crippen LogP contribution in [0.15, 0.2) is 40.5 Å². The van der Waals surface area contributed by atoms with E-state index in [1.807, 2.05) is 37.4 Å². The van der Waals surface area contributed by atoms with Crippen LogP contribution < -0.4 is 15.0 Å². The van der Waals surface area contributed by atoms with Gasteiger partial charge in [0.25, 0.3) is 0 Å². The fourth-order valence-corrected chi connectivity index (χ4v) is 4.75. The first-order chi connectivity index (χ1) is 15.5. The van der Waals surface area contributed by atoms with Gasteiger partial charge in [-0.05, 0) is 55.8 Å². The highest BCUT2D eigenvalue weighted by Crippen LogP contribution is 2.31. The first-order valence-electron chi connectivity index (χ1n) is 10.5. The zero-order valence-corrected chi connectivity index (χ0v) is 19.2. The lowest BCUT2D eigenvalue weighted by molar-refractivity contribution is -0.117. The van der Waals surface area contributed by atoms with Crippen molar-refractivity contribution in [2.75, 3.05) is 36.5 Å². The van der Waals surface area contributed by atoms with Crippen LogP contribution in [0.3, 0.4) is 0 Å². The minimum Gasteiger partial charge on any atom is -0.378 e. The smallest absolute Gasteiger partial charge is 0.241 e. The molecule has 0 atom stereocenters. The van der Waals surface area contributed by atoms with Crippen molar-refractivity contribution in [3.8, 4) is 5.95 Å². The van der Waals surface area contributed by atoms with Gasteiger partial charge in [0.2, 0.25) is 17.8 Å². The Bertz CT molecular complexity index is 1180. The van der Waals surface area contributed by atoms with Crippen LogP contribution in [-0.2, 0) is 9.53 Å². The first kappa shape index (κ1) is 21.1. The molecule has 2 N–H and O–H groups in total. The van der Waals surface area contributed by atoms with Gasteiger partial charge in [0.1, 0.15) is 0 Å². The second-order valence-corrected chi connectivity index (χ2v) is 10.00. The van der Waals surface area contributed by atoms with E-state index >= 15 is 0 Å². The molecule has 1 aliphatic heterocycles. The number of amides is 1. The molecule has 0 spiro atoms. The molecule has 5 rings (SSSR count). The summed E-state index contributed by atoms with van der Waals surface area (Å²) in [5.41, 5.74) is 0.791. The summed E-state index contributed by atoms with van der Waals surface area (Å²) in [6, 6.07) is 7.69. The molecule has 0 bridgehead atoms. The molecule has 32 heavy (non-hydrogen) atoms. The summed E-state index contributed by atoms with van der Waals surface area (Å²) >= 11 is 2.81. The van der Waals surface area contributed by atoms with E-state index in [0.29, 0.717) is 48.2 Å². The number of aryl methyl sites for hydroxylation is 1. The van der Waals surface area contributed by atoms with Crippen molar-refractivity contribution in [1.82, 2.24) is 19.5 Å². The lowest BCUT2D eigenvalue weighted by Crippen LogP contribution is -2.37. The molecule has 1 aliphatic carbocycles. The third-order valence-electron chi connectivity index (χ3n) is 5.17. The van der Waals surface area contributed by atoms with Gasteiger partial charge in [-0.3, -0.25) is 14.8 Å². The van der Waals surface area contributed by atoms with Crippen molar-refractivity contribution < 1.29 is 9.53 Å². The van der Waals surface area contributed by atoms with Gasteiger partial charge in [-0.1, -0.05) is 0 Å². The van der Waals surface area contributed by atoms with E-state index in [1.54, 1.807) is 4.57 Å². The molecule has 2 fully saturated rings. The van der Waals surface area contributed by atoms with E-state index in [1.165, 1.54) is 23.1 Å². The minimum atomic E-state index is 0.0944. The van der Waals surface area contributed by atoms with Crippen LogP contribution in [0.1, 0.15) is 17.7 Å². The number of carbonyl (C=O) groups excluding carboxylic acids is 1. The first-order valence-corrected chi connectivity index (χ1v) is 12.1. The largest absolute Gasteiger partial charge is 0.378 e. The van der Waals surface area contributed by atoms with Gasteiger partial charge in [0.15, 0.2) is 9.96 Å². The summed E-state index contributed by atoms with van der Waals surface area (Å²) in [7, 11) is 0. The fraction of sp³-hybridized carbons (Fsp3) is 0.381. The second kappa shape index (κ2) is 9.00. The summed E-state index contributed by atoms with van der Waals surface area (Å²) in [5.74, 6) is 1.29. The number of carbonyl (C=O) groups is 1. The number of benzene rings is 1. The molecule has 1 saturated heterocycles. The quantitative estimate of drug-likeness (QED) is 0.571. The maximum Gasteiger partial charge on any atom is 0.241 e. The van der Waals surface area contributed by atoms with Crippen molar-refractivity contribution >= 4 is 40.6 Å². The van der Waals surface area contributed by atoms with Gasteiger partial charge in [-0.25, -0.2) is 0 Å². The Labute approximate surface area is 193 Å². The monoisotopic (exact) mass is 469 g/mol. The molecule has 2 aliphatic rings. The average Bonchev–Trinajstić information content (AvgIpc) is 3.59. The Hall–Kier alpha value is -2.76. The standard InChI is InChI=1S/C21H23N7O2S2/c1-13-12-28(18(22)31-13)20-24-19(27-8-10-30-11-9-27)25-21(26-20)32-16-6-4-15(5-7-16)23-17(29)14-2-3-14/h4-7,12,14,22H,2-3,8-11H2,1H3,(H,23,29). The molecule has 1 aromatic carbocycles. The Balaban J connectivity index is 1.41. The van der Waals surface area contributed by atoms with Crippen LogP contribution in [0.5, 0.6) is 0 Å². The molecule has 166 valence electrons. The highest BCUT2D eigenvalue weighted by Gasteiger charge is 2.29. The zero-order valence-electron chi connectivity index (χ0n) is 17.6.